The van der Waals surface area contributed by atoms with Crippen molar-refractivity contribution in [1.82, 2.24) is 15.5 Å². The van der Waals surface area contributed by atoms with Crippen LogP contribution in [0.4, 0.5) is 0 Å². The summed E-state index contributed by atoms with van der Waals surface area (Å²) in [7, 11) is 0. The molecule has 0 saturated carbocycles. The molecule has 142 valence electrons. The Morgan fingerprint density at radius 2 is 2.15 bits per heavy atom. The summed E-state index contributed by atoms with van der Waals surface area (Å²) in [5.41, 5.74) is 2.66. The lowest BCUT2D eigenvalue weighted by Gasteiger charge is -2.34. The van der Waals surface area contributed by atoms with Gasteiger partial charge in [-0.1, -0.05) is 38.1 Å². The van der Waals surface area contributed by atoms with Gasteiger partial charge >= 0.3 is 0 Å². The summed E-state index contributed by atoms with van der Waals surface area (Å²) in [6.07, 6.45) is 3.66. The summed E-state index contributed by atoms with van der Waals surface area (Å²) in [6, 6.07) is 8.62. The average Bonchev–Trinajstić information content (AvgIpc) is 2.70. The smallest absolute Gasteiger partial charge is 0.225 e. The van der Waals surface area contributed by atoms with Crippen LogP contribution in [0.15, 0.2) is 24.3 Å². The Kier molecular flexibility index (Phi) is 6.30. The molecule has 1 saturated heterocycles. The molecule has 3 unspecified atom stereocenters. The molecule has 0 aromatic heterocycles. The monoisotopic (exact) mass is 357 g/mol. The topological polar surface area (TPSA) is 61.4 Å². The van der Waals surface area contributed by atoms with Crippen molar-refractivity contribution in [3.05, 3.63) is 35.4 Å². The van der Waals surface area contributed by atoms with Crippen molar-refractivity contribution < 1.29 is 9.59 Å². The van der Waals surface area contributed by atoms with Crippen molar-refractivity contribution in [1.29, 1.82) is 0 Å². The summed E-state index contributed by atoms with van der Waals surface area (Å²) in [6.45, 7) is 6.89. The van der Waals surface area contributed by atoms with Gasteiger partial charge in [0.2, 0.25) is 11.8 Å². The van der Waals surface area contributed by atoms with Gasteiger partial charge in [-0.15, -0.1) is 0 Å². The van der Waals surface area contributed by atoms with E-state index in [1.165, 1.54) is 11.1 Å². The minimum atomic E-state index is -0.0874. The molecule has 0 bridgehead atoms. The van der Waals surface area contributed by atoms with Crippen LogP contribution in [0, 0.1) is 11.8 Å². The summed E-state index contributed by atoms with van der Waals surface area (Å²) in [4.78, 5) is 27.0. The second-order valence-corrected chi connectivity index (χ2v) is 7.63. The van der Waals surface area contributed by atoms with Gasteiger partial charge in [0.15, 0.2) is 0 Å². The average molecular weight is 357 g/mol. The number of carbonyl (C=O) groups excluding carboxylic acids is 2. The molecule has 1 aromatic rings. The molecule has 1 aromatic carbocycles. The molecule has 1 fully saturated rings. The first-order chi connectivity index (χ1) is 12.6. The van der Waals surface area contributed by atoms with Crippen molar-refractivity contribution >= 4 is 11.8 Å². The van der Waals surface area contributed by atoms with Crippen LogP contribution < -0.4 is 10.6 Å². The lowest BCUT2D eigenvalue weighted by atomic mass is 9.93. The normalized spacial score (nSPS) is 23.8. The summed E-state index contributed by atoms with van der Waals surface area (Å²) >= 11 is 0. The van der Waals surface area contributed by atoms with Crippen LogP contribution in [-0.2, 0) is 16.0 Å². The fourth-order valence-electron chi connectivity index (χ4n) is 4.00. The van der Waals surface area contributed by atoms with E-state index in [1.807, 2.05) is 18.7 Å². The predicted molar refractivity (Wildman–Crippen MR) is 103 cm³/mol. The molecule has 2 amide bonds. The molecule has 3 rings (SSSR count). The first kappa shape index (κ1) is 18.9. The van der Waals surface area contributed by atoms with Gasteiger partial charge in [0, 0.05) is 31.6 Å². The number of nitrogens with zero attached hydrogens (tertiary/aromatic N) is 1. The molecule has 2 heterocycles. The molecule has 5 nitrogen and oxygen atoms in total. The lowest BCUT2D eigenvalue weighted by molar-refractivity contribution is -0.138. The van der Waals surface area contributed by atoms with Crippen LogP contribution in [-0.4, -0.2) is 42.9 Å². The first-order valence-corrected chi connectivity index (χ1v) is 9.97. The summed E-state index contributed by atoms with van der Waals surface area (Å²) in [5, 5.41) is 6.63. The van der Waals surface area contributed by atoms with Gasteiger partial charge < -0.3 is 15.5 Å². The van der Waals surface area contributed by atoms with Crippen molar-refractivity contribution in [3.8, 4) is 0 Å². The Morgan fingerprint density at radius 1 is 1.35 bits per heavy atom. The van der Waals surface area contributed by atoms with Gasteiger partial charge in [-0.2, -0.15) is 0 Å². The third-order valence-electron chi connectivity index (χ3n) is 5.83. The molecule has 0 radical (unpaired) electrons. The molecular formula is C21H31N3O2. The first-order valence-electron chi connectivity index (χ1n) is 9.97. The van der Waals surface area contributed by atoms with Gasteiger partial charge in [-0.3, -0.25) is 9.59 Å². The van der Waals surface area contributed by atoms with Gasteiger partial charge in [0.1, 0.15) is 0 Å². The Balaban J connectivity index is 1.55. The molecule has 2 aliphatic rings. The van der Waals surface area contributed by atoms with Gasteiger partial charge in [-0.25, -0.2) is 0 Å². The fraction of sp³-hybridized carbons (Fsp3) is 0.619. The zero-order valence-electron chi connectivity index (χ0n) is 16.0. The van der Waals surface area contributed by atoms with Crippen LogP contribution in [0.5, 0.6) is 0 Å². The van der Waals surface area contributed by atoms with Gasteiger partial charge in [0.05, 0.1) is 5.92 Å². The summed E-state index contributed by atoms with van der Waals surface area (Å²) < 4.78 is 0. The van der Waals surface area contributed by atoms with Crippen LogP contribution in [0.1, 0.15) is 50.3 Å². The number of carbonyl (C=O) groups is 2. The van der Waals surface area contributed by atoms with Crippen LogP contribution in [0.25, 0.3) is 0 Å². The number of hydrogen-bond donors (Lipinski definition) is 2. The highest BCUT2D eigenvalue weighted by atomic mass is 16.2. The van der Waals surface area contributed by atoms with E-state index in [9.17, 15) is 9.59 Å². The number of fused-ring (bicyclic) bond motifs is 1. The standard InChI is InChI=1S/C21H31N3O2/c1-3-15(2)21(26)24-12-6-8-17(14-24)20(25)23-13-19-18-9-5-4-7-16(18)10-11-22-19/h4-5,7,9,15,17,19,22H,3,6,8,10-14H2,1-2H3,(H,23,25). The second-order valence-electron chi connectivity index (χ2n) is 7.63. The number of rotatable bonds is 5. The number of benzene rings is 1. The Hall–Kier alpha value is -1.88. The zero-order valence-corrected chi connectivity index (χ0v) is 16.0. The molecule has 2 aliphatic heterocycles. The maximum atomic E-state index is 12.7. The largest absolute Gasteiger partial charge is 0.354 e. The Labute approximate surface area is 156 Å². The van der Waals surface area contributed by atoms with E-state index in [4.69, 9.17) is 0 Å². The third kappa shape index (κ3) is 4.26. The van der Waals surface area contributed by atoms with E-state index in [-0.39, 0.29) is 29.7 Å². The number of hydrogen-bond acceptors (Lipinski definition) is 3. The Bertz CT molecular complexity index is 646. The second kappa shape index (κ2) is 8.67. The molecule has 26 heavy (non-hydrogen) atoms. The maximum absolute atomic E-state index is 12.7. The van der Waals surface area contributed by atoms with Crippen LogP contribution >= 0.6 is 0 Å². The molecule has 0 spiro atoms. The minimum absolute atomic E-state index is 0.0414. The number of likely N-dealkylation sites (tertiary alicyclic amines) is 1. The third-order valence-corrected chi connectivity index (χ3v) is 5.83. The van der Waals surface area contributed by atoms with E-state index in [0.717, 1.165) is 38.8 Å². The maximum Gasteiger partial charge on any atom is 0.225 e. The van der Waals surface area contributed by atoms with Crippen LogP contribution in [0.3, 0.4) is 0 Å². The van der Waals surface area contributed by atoms with E-state index in [1.54, 1.807) is 0 Å². The predicted octanol–water partition coefficient (Wildman–Crippen LogP) is 2.27. The van der Waals surface area contributed by atoms with E-state index >= 15 is 0 Å². The molecule has 0 aliphatic carbocycles. The summed E-state index contributed by atoms with van der Waals surface area (Å²) in [5.74, 6) is 0.222. The van der Waals surface area contributed by atoms with Crippen LogP contribution in [0.2, 0.25) is 0 Å². The molecule has 3 atom stereocenters. The lowest BCUT2D eigenvalue weighted by Crippen LogP contribution is -2.48. The van der Waals surface area contributed by atoms with Crippen molar-refractivity contribution in [2.24, 2.45) is 11.8 Å². The number of amides is 2. The highest BCUT2D eigenvalue weighted by Crippen LogP contribution is 2.23. The van der Waals surface area contributed by atoms with Crippen molar-refractivity contribution in [2.75, 3.05) is 26.2 Å². The van der Waals surface area contributed by atoms with Crippen molar-refractivity contribution in [2.45, 2.75) is 45.6 Å². The quantitative estimate of drug-likeness (QED) is 0.850. The number of nitrogens with one attached hydrogen (secondary N) is 2. The molecule has 2 N–H and O–H groups in total. The van der Waals surface area contributed by atoms with E-state index < -0.39 is 0 Å². The van der Waals surface area contributed by atoms with Gasteiger partial charge in [-0.05, 0) is 43.4 Å². The minimum Gasteiger partial charge on any atom is -0.354 e. The van der Waals surface area contributed by atoms with Gasteiger partial charge in [0.25, 0.3) is 0 Å². The molecule has 5 heteroatoms. The highest BCUT2D eigenvalue weighted by Gasteiger charge is 2.30. The Morgan fingerprint density at radius 3 is 2.96 bits per heavy atom. The number of piperidine rings is 1. The van der Waals surface area contributed by atoms with E-state index in [0.29, 0.717) is 13.1 Å². The molecular weight excluding hydrogens is 326 g/mol. The zero-order chi connectivity index (χ0) is 18.5. The van der Waals surface area contributed by atoms with Crippen molar-refractivity contribution in [3.63, 3.8) is 0 Å². The highest BCUT2D eigenvalue weighted by molar-refractivity contribution is 5.82. The fourth-order valence-corrected chi connectivity index (χ4v) is 4.00. The SMILES string of the molecule is CCC(C)C(=O)N1CCCC(C(=O)NCC2NCCc3ccccc32)C1. The van der Waals surface area contributed by atoms with E-state index in [2.05, 4.69) is 34.9 Å².